The summed E-state index contributed by atoms with van der Waals surface area (Å²) >= 11 is 0. The topological polar surface area (TPSA) is 113 Å². The predicted octanol–water partition coefficient (Wildman–Crippen LogP) is 4.90. The third-order valence-electron chi connectivity index (χ3n) is 11.5. The lowest BCUT2D eigenvalue weighted by atomic mass is 9.71. The van der Waals surface area contributed by atoms with Crippen LogP contribution in [0, 0.1) is 17.2 Å². The number of anilines is 1. The largest absolute Gasteiger partial charge is 0.451 e. The fourth-order valence-electron chi connectivity index (χ4n) is 8.82. The molecule has 2 aromatic rings. The smallest absolute Gasteiger partial charge is 0.318 e. The first kappa shape index (κ1) is 34.9. The number of rotatable bonds is 10. The van der Waals surface area contributed by atoms with E-state index >= 15 is 0 Å². The number of likely N-dealkylation sites (tertiary alicyclic amines) is 1. The molecular weight excluding hydrogens is 641 g/mol. The van der Waals surface area contributed by atoms with Gasteiger partial charge in [0.05, 0.1) is 37.1 Å². The summed E-state index contributed by atoms with van der Waals surface area (Å²) in [6.45, 7) is 15.3. The molecule has 0 atom stereocenters. The second-order valence-corrected chi connectivity index (χ2v) is 15.7. The summed E-state index contributed by atoms with van der Waals surface area (Å²) in [6, 6.07) is 3.97. The van der Waals surface area contributed by atoms with Gasteiger partial charge in [0, 0.05) is 43.7 Å². The van der Waals surface area contributed by atoms with E-state index in [2.05, 4.69) is 25.1 Å². The molecule has 4 aliphatic heterocycles. The van der Waals surface area contributed by atoms with Crippen molar-refractivity contribution in [3.63, 3.8) is 0 Å². The molecule has 0 unspecified atom stereocenters. The molecule has 1 N–H and O–H groups in total. The highest BCUT2D eigenvalue weighted by Gasteiger charge is 2.48. The average molecular weight is 694 g/mol. The molecule has 7 rings (SSSR count). The van der Waals surface area contributed by atoms with Gasteiger partial charge in [0.1, 0.15) is 17.9 Å². The number of urea groups is 1. The molecule has 1 aromatic carbocycles. The minimum Gasteiger partial charge on any atom is -0.451 e. The number of halogens is 1. The van der Waals surface area contributed by atoms with E-state index in [1.807, 2.05) is 32.6 Å². The summed E-state index contributed by atoms with van der Waals surface area (Å²) in [6.07, 6.45) is 9.41. The molecular formula is C37H52FN7O5. The number of nitrogens with one attached hydrogen (secondary N) is 1. The van der Waals surface area contributed by atoms with Crippen LogP contribution in [0.25, 0.3) is 0 Å². The number of nitrogens with zero attached hydrogens (tertiary/aromatic N) is 6. The zero-order valence-electron chi connectivity index (χ0n) is 29.9. The van der Waals surface area contributed by atoms with Gasteiger partial charge in [0.15, 0.2) is 17.9 Å². The first-order chi connectivity index (χ1) is 24.0. The van der Waals surface area contributed by atoms with Crippen LogP contribution in [-0.2, 0) is 9.47 Å². The van der Waals surface area contributed by atoms with E-state index in [4.69, 9.17) is 14.2 Å². The van der Waals surface area contributed by atoms with Gasteiger partial charge in [-0.2, -0.15) is 0 Å². The van der Waals surface area contributed by atoms with Gasteiger partial charge >= 0.3 is 6.03 Å². The maximum atomic E-state index is 14.4. The molecule has 4 saturated heterocycles. The number of amides is 3. The van der Waals surface area contributed by atoms with Crippen molar-refractivity contribution in [1.82, 2.24) is 30.0 Å². The van der Waals surface area contributed by atoms with Crippen molar-refractivity contribution in [3.05, 3.63) is 42.1 Å². The van der Waals surface area contributed by atoms with Crippen molar-refractivity contribution in [2.75, 3.05) is 63.9 Å². The Morgan fingerprint density at radius 2 is 1.72 bits per heavy atom. The molecule has 1 saturated carbocycles. The number of hydrogen-bond acceptors (Lipinski definition) is 9. The molecule has 0 bridgehead atoms. The molecule has 3 amide bonds. The number of piperidine rings is 1. The van der Waals surface area contributed by atoms with Crippen LogP contribution in [0.3, 0.4) is 0 Å². The molecule has 5 aliphatic rings. The molecule has 2 spiro atoms. The highest BCUT2D eigenvalue weighted by atomic mass is 19.1. The lowest BCUT2D eigenvalue weighted by Gasteiger charge is -2.55. The first-order valence-electron chi connectivity index (χ1n) is 18.4. The van der Waals surface area contributed by atoms with E-state index in [0.29, 0.717) is 37.2 Å². The van der Waals surface area contributed by atoms with Crippen LogP contribution in [0.4, 0.5) is 15.0 Å². The third-order valence-corrected chi connectivity index (χ3v) is 11.5. The quantitative estimate of drug-likeness (QED) is 0.372. The molecule has 272 valence electrons. The van der Waals surface area contributed by atoms with Crippen molar-refractivity contribution >= 4 is 17.8 Å². The van der Waals surface area contributed by atoms with E-state index in [9.17, 15) is 14.0 Å². The highest BCUT2D eigenvalue weighted by molar-refractivity contribution is 5.97. The van der Waals surface area contributed by atoms with Crippen LogP contribution in [0.15, 0.2) is 30.7 Å². The molecule has 1 aromatic heterocycles. The van der Waals surface area contributed by atoms with Crippen LogP contribution in [-0.4, -0.2) is 120 Å². The lowest BCUT2D eigenvalue weighted by Crippen LogP contribution is -2.61. The Kier molecular flexibility index (Phi) is 9.92. The maximum absolute atomic E-state index is 14.4. The maximum Gasteiger partial charge on any atom is 0.318 e. The second-order valence-electron chi connectivity index (χ2n) is 15.7. The Morgan fingerprint density at radius 3 is 2.40 bits per heavy atom. The Hall–Kier alpha value is -3.55. The lowest BCUT2D eigenvalue weighted by molar-refractivity contribution is -0.0544. The van der Waals surface area contributed by atoms with Crippen molar-refractivity contribution in [1.29, 1.82) is 0 Å². The summed E-state index contributed by atoms with van der Waals surface area (Å²) in [4.78, 5) is 43.5. The first-order valence-corrected chi connectivity index (χ1v) is 18.4. The zero-order valence-corrected chi connectivity index (χ0v) is 29.9. The van der Waals surface area contributed by atoms with Crippen LogP contribution in [0.2, 0.25) is 0 Å². The summed E-state index contributed by atoms with van der Waals surface area (Å²) in [7, 11) is 0. The molecule has 5 heterocycles. The van der Waals surface area contributed by atoms with Gasteiger partial charge < -0.3 is 39.1 Å². The monoisotopic (exact) mass is 693 g/mol. The zero-order chi connectivity index (χ0) is 35.0. The highest BCUT2D eigenvalue weighted by Crippen LogP contribution is 2.45. The van der Waals surface area contributed by atoms with E-state index in [1.54, 1.807) is 11.1 Å². The summed E-state index contributed by atoms with van der Waals surface area (Å²) in [5.74, 6) is 1.32. The summed E-state index contributed by atoms with van der Waals surface area (Å²) < 4.78 is 31.9. The standard InChI is InChI=1S/C37H52FN7O5/c1-25(2)45(26(3)4)34(46)29-17-28(38)5-6-30(29)50-31-18-39-24-40-33(31)44-21-36(22-44)11-13-42(14-12-36)19-27-7-9-37(10-8-27)23-43(35(47)41-37)20-32-48-15-16-49-32/h5-6,17-18,24-27,32H,7-16,19-23H2,1-4H3,(H,41,47). The summed E-state index contributed by atoms with van der Waals surface area (Å²) in [5.41, 5.74) is 0.307. The van der Waals surface area contributed by atoms with Crippen LogP contribution >= 0.6 is 0 Å². The molecule has 13 heteroatoms. The van der Waals surface area contributed by atoms with E-state index in [-0.39, 0.29) is 52.6 Å². The minimum absolute atomic E-state index is 0.00833. The van der Waals surface area contributed by atoms with Crippen LogP contribution < -0.4 is 15.0 Å². The fraction of sp³-hybridized carbons (Fsp3) is 0.676. The van der Waals surface area contributed by atoms with Gasteiger partial charge in [-0.1, -0.05) is 0 Å². The van der Waals surface area contributed by atoms with Crippen LogP contribution in [0.1, 0.15) is 76.6 Å². The molecule has 12 nitrogen and oxygen atoms in total. The van der Waals surface area contributed by atoms with Gasteiger partial charge in [-0.15, -0.1) is 0 Å². The number of carbonyl (C=O) groups is 2. The van der Waals surface area contributed by atoms with Gasteiger partial charge in [0.2, 0.25) is 0 Å². The van der Waals surface area contributed by atoms with E-state index in [1.165, 1.54) is 24.5 Å². The van der Waals surface area contributed by atoms with Crippen molar-refractivity contribution < 1.29 is 28.2 Å². The number of aromatic nitrogens is 2. The van der Waals surface area contributed by atoms with Crippen molar-refractivity contribution in [3.8, 4) is 11.5 Å². The average Bonchev–Trinajstić information content (AvgIpc) is 3.69. The predicted molar refractivity (Wildman–Crippen MR) is 186 cm³/mol. The van der Waals surface area contributed by atoms with Gasteiger partial charge in [-0.25, -0.2) is 19.2 Å². The normalized spacial score (nSPS) is 25.5. The number of hydrogen-bond donors (Lipinski definition) is 1. The second kappa shape index (κ2) is 14.2. The van der Waals surface area contributed by atoms with E-state index < -0.39 is 5.82 Å². The fourth-order valence-corrected chi connectivity index (χ4v) is 8.82. The minimum atomic E-state index is -0.489. The third kappa shape index (κ3) is 7.27. The molecule has 5 fully saturated rings. The summed E-state index contributed by atoms with van der Waals surface area (Å²) in [5, 5.41) is 3.31. The SMILES string of the molecule is CC(C)N(C(=O)c1cc(F)ccc1Oc1cncnc1N1CC2(CCN(CC3CCC4(CC3)CN(CC3OCCO3)C(=O)N4)CC2)C1)C(C)C. The number of carbonyl (C=O) groups excluding carboxylic acids is 2. The number of ether oxygens (including phenoxy) is 3. The Balaban J connectivity index is 0.908. The Morgan fingerprint density at radius 1 is 1.02 bits per heavy atom. The van der Waals surface area contributed by atoms with E-state index in [0.717, 1.165) is 77.8 Å². The van der Waals surface area contributed by atoms with Crippen molar-refractivity contribution in [2.24, 2.45) is 11.3 Å². The van der Waals surface area contributed by atoms with Gasteiger partial charge in [-0.3, -0.25) is 4.79 Å². The van der Waals surface area contributed by atoms with Crippen molar-refractivity contribution in [2.45, 2.75) is 90.1 Å². The molecule has 50 heavy (non-hydrogen) atoms. The van der Waals surface area contributed by atoms with Gasteiger partial charge in [0.25, 0.3) is 5.91 Å². The Labute approximate surface area is 294 Å². The number of benzene rings is 1. The van der Waals surface area contributed by atoms with Gasteiger partial charge in [-0.05, 0) is 103 Å². The Bertz CT molecular complexity index is 1520. The molecule has 0 radical (unpaired) electrons. The molecule has 1 aliphatic carbocycles. The van der Waals surface area contributed by atoms with Crippen LogP contribution in [0.5, 0.6) is 11.5 Å².